The standard InChI is InChI=1S/C13H9NO3S/c15-8-10-7-14-6-5-12(10)18-11-3-1-9(2-4-11)13(16)17/h1-8H,(H,16,17). The Balaban J connectivity index is 2.23. The van der Waals surface area contributed by atoms with Crippen molar-refractivity contribution in [3.63, 3.8) is 0 Å². The first-order valence-corrected chi connectivity index (χ1v) is 5.93. The van der Waals surface area contributed by atoms with E-state index in [1.807, 2.05) is 0 Å². The maximum atomic E-state index is 10.8. The summed E-state index contributed by atoms with van der Waals surface area (Å²) < 4.78 is 0. The molecule has 1 N–H and O–H groups in total. The Morgan fingerprint density at radius 3 is 2.56 bits per heavy atom. The van der Waals surface area contributed by atoms with E-state index < -0.39 is 5.97 Å². The minimum Gasteiger partial charge on any atom is -0.478 e. The Bertz CT molecular complexity index is 581. The van der Waals surface area contributed by atoms with Gasteiger partial charge in [-0.2, -0.15) is 0 Å². The molecule has 0 saturated heterocycles. The van der Waals surface area contributed by atoms with E-state index in [1.165, 1.54) is 30.1 Å². The number of hydrogen-bond donors (Lipinski definition) is 1. The molecule has 0 radical (unpaired) electrons. The van der Waals surface area contributed by atoms with E-state index >= 15 is 0 Å². The molecule has 0 aliphatic carbocycles. The molecule has 0 aliphatic rings. The first-order valence-electron chi connectivity index (χ1n) is 5.11. The molecule has 2 aromatic rings. The van der Waals surface area contributed by atoms with Gasteiger partial charge in [0, 0.05) is 27.7 Å². The van der Waals surface area contributed by atoms with Crippen LogP contribution in [0.5, 0.6) is 0 Å². The van der Waals surface area contributed by atoms with Crippen molar-refractivity contribution in [2.45, 2.75) is 9.79 Å². The first-order chi connectivity index (χ1) is 8.70. The minimum atomic E-state index is -0.955. The zero-order valence-corrected chi connectivity index (χ0v) is 10.1. The molecule has 1 aromatic heterocycles. The van der Waals surface area contributed by atoms with Crippen LogP contribution in [0.1, 0.15) is 20.7 Å². The molecule has 1 heterocycles. The number of carboxylic acid groups (broad SMARTS) is 1. The van der Waals surface area contributed by atoms with E-state index in [-0.39, 0.29) is 5.56 Å². The van der Waals surface area contributed by atoms with E-state index in [9.17, 15) is 9.59 Å². The summed E-state index contributed by atoms with van der Waals surface area (Å²) in [6.45, 7) is 0. The highest BCUT2D eigenvalue weighted by Crippen LogP contribution is 2.29. The third kappa shape index (κ3) is 2.75. The molecule has 4 nitrogen and oxygen atoms in total. The topological polar surface area (TPSA) is 67.3 Å². The van der Waals surface area contributed by atoms with E-state index in [2.05, 4.69) is 4.98 Å². The van der Waals surface area contributed by atoms with Gasteiger partial charge >= 0.3 is 5.97 Å². The maximum absolute atomic E-state index is 10.8. The second-order valence-corrected chi connectivity index (χ2v) is 4.58. The van der Waals surface area contributed by atoms with Crippen LogP contribution in [-0.4, -0.2) is 22.3 Å². The molecule has 0 unspecified atom stereocenters. The van der Waals surface area contributed by atoms with Crippen molar-refractivity contribution < 1.29 is 14.7 Å². The highest BCUT2D eigenvalue weighted by Gasteiger charge is 2.05. The van der Waals surface area contributed by atoms with Crippen molar-refractivity contribution >= 4 is 24.0 Å². The number of rotatable bonds is 4. The first kappa shape index (κ1) is 12.3. The van der Waals surface area contributed by atoms with Crippen LogP contribution >= 0.6 is 11.8 Å². The zero-order chi connectivity index (χ0) is 13.0. The highest BCUT2D eigenvalue weighted by atomic mass is 32.2. The fourth-order valence-corrected chi connectivity index (χ4v) is 2.24. The van der Waals surface area contributed by atoms with Crippen molar-refractivity contribution in [3.8, 4) is 0 Å². The summed E-state index contributed by atoms with van der Waals surface area (Å²) in [7, 11) is 0. The van der Waals surface area contributed by atoms with Gasteiger partial charge in [-0.25, -0.2) is 4.79 Å². The summed E-state index contributed by atoms with van der Waals surface area (Å²) in [4.78, 5) is 27.1. The van der Waals surface area contributed by atoms with Crippen LogP contribution in [0.3, 0.4) is 0 Å². The number of nitrogens with zero attached hydrogens (tertiary/aromatic N) is 1. The fraction of sp³-hybridized carbons (Fsp3) is 0. The molecule has 0 atom stereocenters. The normalized spacial score (nSPS) is 10.0. The van der Waals surface area contributed by atoms with Crippen LogP contribution in [0.4, 0.5) is 0 Å². The number of aromatic carboxylic acids is 1. The van der Waals surface area contributed by atoms with E-state index in [0.29, 0.717) is 5.56 Å². The van der Waals surface area contributed by atoms with Crippen molar-refractivity contribution in [2.24, 2.45) is 0 Å². The molecule has 5 heteroatoms. The Morgan fingerprint density at radius 1 is 1.22 bits per heavy atom. The zero-order valence-electron chi connectivity index (χ0n) is 9.24. The second-order valence-electron chi connectivity index (χ2n) is 3.46. The third-order valence-corrected chi connectivity index (χ3v) is 3.37. The number of carbonyl (C=O) groups excluding carboxylic acids is 1. The molecule has 1 aromatic carbocycles. The molecule has 0 fully saturated rings. The maximum Gasteiger partial charge on any atom is 0.335 e. The van der Waals surface area contributed by atoms with Crippen LogP contribution in [0.25, 0.3) is 0 Å². The summed E-state index contributed by atoms with van der Waals surface area (Å²) in [6, 6.07) is 8.24. The summed E-state index contributed by atoms with van der Waals surface area (Å²) in [5.74, 6) is -0.955. The number of benzene rings is 1. The van der Waals surface area contributed by atoms with E-state index in [1.54, 1.807) is 24.4 Å². The summed E-state index contributed by atoms with van der Waals surface area (Å²) in [5, 5.41) is 8.79. The predicted octanol–water partition coefficient (Wildman–Crippen LogP) is 2.74. The van der Waals surface area contributed by atoms with Crippen molar-refractivity contribution in [2.75, 3.05) is 0 Å². The molecule has 0 amide bonds. The molecule has 90 valence electrons. The van der Waals surface area contributed by atoms with Crippen molar-refractivity contribution in [1.82, 2.24) is 4.98 Å². The molecule has 18 heavy (non-hydrogen) atoms. The van der Waals surface area contributed by atoms with Crippen LogP contribution in [0, 0.1) is 0 Å². The Kier molecular flexibility index (Phi) is 3.74. The molecular formula is C13H9NO3S. The summed E-state index contributed by atoms with van der Waals surface area (Å²) in [5.41, 5.74) is 0.759. The third-order valence-electron chi connectivity index (χ3n) is 2.27. The van der Waals surface area contributed by atoms with Crippen LogP contribution in [0.2, 0.25) is 0 Å². The Labute approximate surface area is 108 Å². The van der Waals surface area contributed by atoms with Gasteiger partial charge < -0.3 is 5.11 Å². The molecular weight excluding hydrogens is 250 g/mol. The smallest absolute Gasteiger partial charge is 0.335 e. The van der Waals surface area contributed by atoms with Crippen LogP contribution < -0.4 is 0 Å². The quantitative estimate of drug-likeness (QED) is 0.855. The van der Waals surface area contributed by atoms with Gasteiger partial charge in [0.25, 0.3) is 0 Å². The minimum absolute atomic E-state index is 0.240. The van der Waals surface area contributed by atoms with Gasteiger partial charge in [0.15, 0.2) is 6.29 Å². The molecule has 0 spiro atoms. The van der Waals surface area contributed by atoms with Crippen LogP contribution in [0.15, 0.2) is 52.5 Å². The molecule has 0 bridgehead atoms. The number of aldehydes is 1. The van der Waals surface area contributed by atoms with E-state index in [4.69, 9.17) is 5.11 Å². The Hall–Kier alpha value is -2.14. The lowest BCUT2D eigenvalue weighted by Gasteiger charge is -2.04. The van der Waals surface area contributed by atoms with Crippen LogP contribution in [-0.2, 0) is 0 Å². The van der Waals surface area contributed by atoms with Gasteiger partial charge in [-0.05, 0) is 30.3 Å². The number of hydrogen-bond acceptors (Lipinski definition) is 4. The second kappa shape index (κ2) is 5.46. The predicted molar refractivity (Wildman–Crippen MR) is 67.1 cm³/mol. The monoisotopic (exact) mass is 259 g/mol. The van der Waals surface area contributed by atoms with Crippen molar-refractivity contribution in [1.29, 1.82) is 0 Å². The summed E-state index contributed by atoms with van der Waals surface area (Å²) in [6.07, 6.45) is 3.86. The molecule has 0 aliphatic heterocycles. The van der Waals surface area contributed by atoms with Gasteiger partial charge in [0.05, 0.1) is 5.56 Å². The lowest BCUT2D eigenvalue weighted by Crippen LogP contribution is -1.94. The average Bonchev–Trinajstić information content (AvgIpc) is 2.40. The van der Waals surface area contributed by atoms with Gasteiger partial charge in [-0.1, -0.05) is 11.8 Å². The van der Waals surface area contributed by atoms with Crippen molar-refractivity contribution in [3.05, 3.63) is 53.9 Å². The van der Waals surface area contributed by atoms with Gasteiger partial charge in [0.1, 0.15) is 0 Å². The molecule has 2 rings (SSSR count). The number of pyridine rings is 1. The lowest BCUT2D eigenvalue weighted by atomic mass is 10.2. The number of aromatic nitrogens is 1. The number of carboxylic acids is 1. The van der Waals surface area contributed by atoms with Gasteiger partial charge in [-0.3, -0.25) is 9.78 Å². The lowest BCUT2D eigenvalue weighted by molar-refractivity contribution is 0.0696. The molecule has 0 saturated carbocycles. The Morgan fingerprint density at radius 2 is 1.94 bits per heavy atom. The summed E-state index contributed by atoms with van der Waals surface area (Å²) >= 11 is 1.40. The van der Waals surface area contributed by atoms with E-state index in [0.717, 1.165) is 16.1 Å². The largest absolute Gasteiger partial charge is 0.478 e. The number of carbonyl (C=O) groups is 2. The van der Waals surface area contributed by atoms with Gasteiger partial charge in [-0.15, -0.1) is 0 Å². The highest BCUT2D eigenvalue weighted by molar-refractivity contribution is 7.99. The SMILES string of the molecule is O=Cc1cnccc1Sc1ccc(C(=O)O)cc1. The average molecular weight is 259 g/mol. The van der Waals surface area contributed by atoms with Gasteiger partial charge in [0.2, 0.25) is 0 Å². The fourth-order valence-electron chi connectivity index (χ4n) is 1.37.